The molecular formula is C8H8F3NO2. The zero-order chi connectivity index (χ0) is 10.8. The Hall–Kier alpha value is -1.46. The number of methoxy groups -OCH3 is 1. The van der Waals surface area contributed by atoms with Crippen molar-refractivity contribution >= 4 is 0 Å². The first-order valence-electron chi connectivity index (χ1n) is 3.69. The molecule has 1 heterocycles. The van der Waals surface area contributed by atoms with Crippen LogP contribution < -0.4 is 9.47 Å². The van der Waals surface area contributed by atoms with E-state index in [2.05, 4.69) is 9.72 Å². The van der Waals surface area contributed by atoms with Crippen LogP contribution in [0.2, 0.25) is 0 Å². The van der Waals surface area contributed by atoms with Gasteiger partial charge in [-0.3, -0.25) is 0 Å². The van der Waals surface area contributed by atoms with Crippen molar-refractivity contribution in [1.29, 1.82) is 0 Å². The van der Waals surface area contributed by atoms with Crippen LogP contribution in [0, 0.1) is 6.92 Å². The van der Waals surface area contributed by atoms with E-state index in [4.69, 9.17) is 4.74 Å². The lowest BCUT2D eigenvalue weighted by Crippen LogP contribution is -2.18. The summed E-state index contributed by atoms with van der Waals surface area (Å²) in [4.78, 5) is 3.45. The van der Waals surface area contributed by atoms with Crippen LogP contribution in [0.25, 0.3) is 0 Å². The van der Waals surface area contributed by atoms with Gasteiger partial charge in [-0.05, 0) is 13.0 Å². The van der Waals surface area contributed by atoms with E-state index in [0.29, 0.717) is 5.75 Å². The fourth-order valence-corrected chi connectivity index (χ4v) is 0.934. The van der Waals surface area contributed by atoms with E-state index in [9.17, 15) is 13.2 Å². The predicted molar refractivity (Wildman–Crippen MR) is 42.2 cm³/mol. The number of hydrogen-bond donors (Lipinski definition) is 0. The van der Waals surface area contributed by atoms with Crippen molar-refractivity contribution < 1.29 is 22.6 Å². The summed E-state index contributed by atoms with van der Waals surface area (Å²) in [7, 11) is 1.36. The van der Waals surface area contributed by atoms with Gasteiger partial charge in [-0.15, -0.1) is 13.2 Å². The Labute approximate surface area is 78.5 Å². The quantitative estimate of drug-likeness (QED) is 0.745. The fourth-order valence-electron chi connectivity index (χ4n) is 0.934. The van der Waals surface area contributed by atoms with Crippen molar-refractivity contribution in [3.05, 3.63) is 17.8 Å². The molecule has 78 valence electrons. The van der Waals surface area contributed by atoms with Crippen molar-refractivity contribution in [2.24, 2.45) is 0 Å². The lowest BCUT2D eigenvalue weighted by Gasteiger charge is -2.11. The normalized spacial score (nSPS) is 11.2. The summed E-state index contributed by atoms with van der Waals surface area (Å²) >= 11 is 0. The molecule has 0 saturated carbocycles. The summed E-state index contributed by atoms with van der Waals surface area (Å²) in [5, 5.41) is 0. The van der Waals surface area contributed by atoms with Crippen LogP contribution in [-0.2, 0) is 0 Å². The van der Waals surface area contributed by atoms with Crippen LogP contribution in [0.1, 0.15) is 5.56 Å². The lowest BCUT2D eigenvalue weighted by atomic mass is 10.3. The highest BCUT2D eigenvalue weighted by Gasteiger charge is 2.32. The van der Waals surface area contributed by atoms with E-state index in [0.717, 1.165) is 0 Å². The molecular weight excluding hydrogens is 199 g/mol. The van der Waals surface area contributed by atoms with Crippen LogP contribution in [-0.4, -0.2) is 18.5 Å². The molecule has 0 radical (unpaired) electrons. The predicted octanol–water partition coefficient (Wildman–Crippen LogP) is 2.30. The first-order chi connectivity index (χ1) is 6.44. The molecule has 0 aliphatic heterocycles. The van der Waals surface area contributed by atoms with Crippen molar-refractivity contribution in [3.63, 3.8) is 0 Å². The van der Waals surface area contributed by atoms with E-state index < -0.39 is 12.2 Å². The number of rotatable bonds is 2. The third-order valence-electron chi connectivity index (χ3n) is 1.54. The molecule has 0 bridgehead atoms. The second-order valence-corrected chi connectivity index (χ2v) is 2.49. The van der Waals surface area contributed by atoms with Crippen molar-refractivity contribution in [1.82, 2.24) is 4.98 Å². The van der Waals surface area contributed by atoms with Gasteiger partial charge in [0.2, 0.25) is 5.88 Å². The second-order valence-electron chi connectivity index (χ2n) is 2.49. The number of nitrogens with zero attached hydrogens (tertiary/aromatic N) is 1. The Morgan fingerprint density at radius 1 is 1.36 bits per heavy atom. The molecule has 0 fully saturated rings. The Morgan fingerprint density at radius 3 is 2.50 bits per heavy atom. The zero-order valence-electron chi connectivity index (χ0n) is 7.55. The van der Waals surface area contributed by atoms with E-state index >= 15 is 0 Å². The first kappa shape index (κ1) is 10.6. The van der Waals surface area contributed by atoms with E-state index in [1.54, 1.807) is 0 Å². The molecule has 0 spiro atoms. The maximum Gasteiger partial charge on any atom is 0.574 e. The summed E-state index contributed by atoms with van der Waals surface area (Å²) in [6.07, 6.45) is -3.54. The van der Waals surface area contributed by atoms with Crippen LogP contribution in [0.3, 0.4) is 0 Å². The van der Waals surface area contributed by atoms with Gasteiger partial charge in [-0.2, -0.15) is 0 Å². The smallest absolute Gasteiger partial charge is 0.496 e. The van der Waals surface area contributed by atoms with Gasteiger partial charge in [-0.1, -0.05) is 0 Å². The second kappa shape index (κ2) is 3.73. The highest BCUT2D eigenvalue weighted by Crippen LogP contribution is 2.28. The van der Waals surface area contributed by atoms with Gasteiger partial charge in [0.15, 0.2) is 0 Å². The Balaban J connectivity index is 2.98. The van der Waals surface area contributed by atoms with Crippen LogP contribution >= 0.6 is 0 Å². The number of alkyl halides is 3. The molecule has 1 rings (SSSR count). The van der Waals surface area contributed by atoms with Crippen molar-refractivity contribution in [3.8, 4) is 11.6 Å². The van der Waals surface area contributed by atoms with Gasteiger partial charge in [-0.25, -0.2) is 4.98 Å². The maximum absolute atomic E-state index is 11.9. The number of aromatic nitrogens is 1. The van der Waals surface area contributed by atoms with E-state index in [-0.39, 0.29) is 5.56 Å². The highest BCUT2D eigenvalue weighted by atomic mass is 19.4. The minimum atomic E-state index is -4.73. The summed E-state index contributed by atoms with van der Waals surface area (Å²) in [5.74, 6) is -0.184. The number of hydrogen-bond acceptors (Lipinski definition) is 3. The Morgan fingerprint density at radius 2 is 2.00 bits per heavy atom. The van der Waals surface area contributed by atoms with Crippen LogP contribution in [0.4, 0.5) is 13.2 Å². The third-order valence-corrected chi connectivity index (χ3v) is 1.54. The van der Waals surface area contributed by atoms with E-state index in [1.165, 1.54) is 26.3 Å². The Bertz CT molecular complexity index is 325. The zero-order valence-corrected chi connectivity index (χ0v) is 7.55. The maximum atomic E-state index is 11.9. The van der Waals surface area contributed by atoms with Gasteiger partial charge in [0.05, 0.1) is 12.7 Å². The summed E-state index contributed by atoms with van der Waals surface area (Å²) in [6.45, 7) is 1.44. The molecule has 14 heavy (non-hydrogen) atoms. The summed E-state index contributed by atoms with van der Waals surface area (Å²) in [6, 6.07) is 1.46. The average Bonchev–Trinajstić information content (AvgIpc) is 2.06. The van der Waals surface area contributed by atoms with Crippen LogP contribution in [0.5, 0.6) is 11.6 Å². The molecule has 1 aromatic heterocycles. The molecule has 0 aliphatic carbocycles. The monoisotopic (exact) mass is 207 g/mol. The molecule has 0 atom stereocenters. The van der Waals surface area contributed by atoms with Crippen molar-refractivity contribution in [2.45, 2.75) is 13.3 Å². The van der Waals surface area contributed by atoms with E-state index in [1.807, 2.05) is 0 Å². The number of pyridine rings is 1. The van der Waals surface area contributed by atoms with Gasteiger partial charge < -0.3 is 9.47 Å². The average molecular weight is 207 g/mol. The molecule has 6 heteroatoms. The number of ether oxygens (including phenoxy) is 2. The van der Waals surface area contributed by atoms with Gasteiger partial charge in [0.1, 0.15) is 5.75 Å². The standard InChI is InChI=1S/C8H8F3NO2/c1-5-6(13-2)3-4-12-7(5)14-8(9,10)11/h3-4H,1-2H3. The van der Waals surface area contributed by atoms with Crippen LogP contribution in [0.15, 0.2) is 12.3 Å². The largest absolute Gasteiger partial charge is 0.574 e. The fraction of sp³-hybridized carbons (Fsp3) is 0.375. The molecule has 3 nitrogen and oxygen atoms in total. The third kappa shape index (κ3) is 2.51. The van der Waals surface area contributed by atoms with Gasteiger partial charge in [0.25, 0.3) is 0 Å². The first-order valence-corrected chi connectivity index (χ1v) is 3.69. The molecule has 0 unspecified atom stereocenters. The molecule has 0 N–H and O–H groups in total. The molecule has 1 aromatic rings. The van der Waals surface area contributed by atoms with Gasteiger partial charge in [0, 0.05) is 6.20 Å². The SMILES string of the molecule is COc1ccnc(OC(F)(F)F)c1C. The minimum absolute atomic E-state index is 0.215. The lowest BCUT2D eigenvalue weighted by molar-refractivity contribution is -0.276. The van der Waals surface area contributed by atoms with Crippen molar-refractivity contribution in [2.75, 3.05) is 7.11 Å². The Kier molecular flexibility index (Phi) is 2.83. The van der Waals surface area contributed by atoms with Gasteiger partial charge >= 0.3 is 6.36 Å². The molecule has 0 aliphatic rings. The highest BCUT2D eigenvalue weighted by molar-refractivity contribution is 5.38. The minimum Gasteiger partial charge on any atom is -0.496 e. The molecule has 0 aromatic carbocycles. The molecule has 0 amide bonds. The topological polar surface area (TPSA) is 31.4 Å². The summed E-state index contributed by atoms with van der Waals surface area (Å²) < 4.78 is 44.1. The number of halogens is 3. The summed E-state index contributed by atoms with van der Waals surface area (Å²) in [5.41, 5.74) is 0.215. The molecule has 0 saturated heterocycles.